The first kappa shape index (κ1) is 12.6. The molecule has 0 unspecified atom stereocenters. The molecule has 0 aliphatic carbocycles. The third-order valence-electron chi connectivity index (χ3n) is 2.04. The van der Waals surface area contributed by atoms with Crippen LogP contribution >= 0.6 is 0 Å². The molecular formula is C12H5F3N2. The van der Waals surface area contributed by atoms with Crippen LogP contribution in [-0.2, 0) is 12.6 Å². The number of halogens is 3. The third kappa shape index (κ3) is 2.56. The van der Waals surface area contributed by atoms with Crippen LogP contribution in [0.5, 0.6) is 0 Å². The maximum atomic E-state index is 12.7. The summed E-state index contributed by atoms with van der Waals surface area (Å²) in [5, 5.41) is 17.2. The molecule has 0 atom stereocenters. The fraction of sp³-hybridized carbons (Fsp3) is 0.167. The maximum Gasteiger partial charge on any atom is 0.418 e. The highest BCUT2D eigenvalue weighted by molar-refractivity contribution is 5.53. The number of hydrogen-bond donors (Lipinski definition) is 0. The molecule has 0 fully saturated rings. The minimum Gasteiger partial charge on any atom is -0.198 e. The Morgan fingerprint density at radius 2 is 1.76 bits per heavy atom. The average Bonchev–Trinajstić information content (AvgIpc) is 2.26. The molecule has 0 spiro atoms. The molecule has 84 valence electrons. The van der Waals surface area contributed by atoms with E-state index in [0.29, 0.717) is 5.56 Å². The van der Waals surface area contributed by atoms with Crippen molar-refractivity contribution in [1.29, 1.82) is 10.5 Å². The van der Waals surface area contributed by atoms with Crippen molar-refractivity contribution in [3.63, 3.8) is 0 Å². The molecule has 5 heteroatoms. The topological polar surface area (TPSA) is 47.6 Å². The molecule has 17 heavy (non-hydrogen) atoms. The summed E-state index contributed by atoms with van der Waals surface area (Å²) in [6.07, 6.45) is 0.215. The van der Waals surface area contributed by atoms with Crippen molar-refractivity contribution in [2.45, 2.75) is 12.6 Å². The number of benzene rings is 1. The summed E-state index contributed by atoms with van der Waals surface area (Å²) in [4.78, 5) is 0. The van der Waals surface area contributed by atoms with E-state index in [1.54, 1.807) is 6.07 Å². The van der Waals surface area contributed by atoms with Gasteiger partial charge in [-0.2, -0.15) is 23.7 Å². The maximum absolute atomic E-state index is 12.7. The highest BCUT2D eigenvalue weighted by Gasteiger charge is 2.36. The van der Waals surface area contributed by atoms with Crippen LogP contribution in [0.4, 0.5) is 13.2 Å². The van der Waals surface area contributed by atoms with E-state index in [1.165, 1.54) is 6.07 Å². The highest BCUT2D eigenvalue weighted by atomic mass is 19.4. The van der Waals surface area contributed by atoms with E-state index in [1.807, 2.05) is 5.92 Å². The summed E-state index contributed by atoms with van der Waals surface area (Å²) in [6.45, 7) is 0. The molecule has 1 rings (SSSR count). The zero-order valence-corrected chi connectivity index (χ0v) is 8.47. The van der Waals surface area contributed by atoms with Gasteiger partial charge in [0.25, 0.3) is 0 Å². The van der Waals surface area contributed by atoms with Gasteiger partial charge >= 0.3 is 6.18 Å². The first-order chi connectivity index (χ1) is 7.93. The predicted octanol–water partition coefficient (Wildman–Crippen LogP) is 2.62. The summed E-state index contributed by atoms with van der Waals surface area (Å²) in [5.74, 6) is 1.90. The lowest BCUT2D eigenvalue weighted by atomic mass is 9.97. The number of nitrogens with zero attached hydrogens (tertiary/aromatic N) is 2. The lowest BCUT2D eigenvalue weighted by Gasteiger charge is -2.12. The Morgan fingerprint density at radius 1 is 1.18 bits per heavy atom. The molecule has 0 aliphatic rings. The second-order valence-electron chi connectivity index (χ2n) is 3.15. The normalized spacial score (nSPS) is 10.1. The van der Waals surface area contributed by atoms with E-state index >= 15 is 0 Å². The van der Waals surface area contributed by atoms with E-state index in [9.17, 15) is 13.2 Å². The Hall–Kier alpha value is -2.45. The Balaban J connectivity index is 3.58. The van der Waals surface area contributed by atoms with Gasteiger partial charge in [0.2, 0.25) is 0 Å². The summed E-state index contributed by atoms with van der Waals surface area (Å²) < 4.78 is 38.1. The van der Waals surface area contributed by atoms with E-state index in [-0.39, 0.29) is 6.42 Å². The zero-order chi connectivity index (χ0) is 13.1. The number of rotatable bonds is 1. The van der Waals surface area contributed by atoms with Crippen molar-refractivity contribution in [2.24, 2.45) is 0 Å². The van der Waals surface area contributed by atoms with Crippen molar-refractivity contribution in [1.82, 2.24) is 0 Å². The largest absolute Gasteiger partial charge is 0.418 e. The van der Waals surface area contributed by atoms with Gasteiger partial charge in [0.1, 0.15) is 0 Å². The molecule has 0 saturated heterocycles. The number of hydrogen-bond acceptors (Lipinski definition) is 2. The summed E-state index contributed by atoms with van der Waals surface area (Å²) in [6, 6.07) is 5.37. The van der Waals surface area contributed by atoms with Gasteiger partial charge in [0, 0.05) is 5.56 Å². The van der Waals surface area contributed by atoms with Gasteiger partial charge in [0.15, 0.2) is 0 Å². The zero-order valence-electron chi connectivity index (χ0n) is 8.47. The van der Waals surface area contributed by atoms with Crippen LogP contribution in [0.1, 0.15) is 22.3 Å². The second kappa shape index (κ2) is 4.60. The minimum absolute atomic E-state index is 0.0957. The highest BCUT2D eigenvalue weighted by Crippen LogP contribution is 2.35. The Morgan fingerprint density at radius 3 is 2.18 bits per heavy atom. The molecule has 1 aromatic rings. The van der Waals surface area contributed by atoms with Crippen molar-refractivity contribution < 1.29 is 13.2 Å². The molecule has 0 bridgehead atoms. The lowest BCUT2D eigenvalue weighted by Crippen LogP contribution is -2.11. The smallest absolute Gasteiger partial charge is 0.198 e. The molecule has 0 N–H and O–H groups in total. The van der Waals surface area contributed by atoms with E-state index < -0.39 is 22.9 Å². The summed E-state index contributed by atoms with van der Waals surface area (Å²) in [5.41, 5.74) is -1.80. The SMILES string of the molecule is C#Cc1cc(CC#N)cc(C#N)c1C(F)(F)F. The van der Waals surface area contributed by atoms with Crippen molar-refractivity contribution >= 4 is 0 Å². The van der Waals surface area contributed by atoms with Crippen molar-refractivity contribution in [2.75, 3.05) is 0 Å². The first-order valence-corrected chi connectivity index (χ1v) is 4.41. The molecule has 0 radical (unpaired) electrons. The van der Waals surface area contributed by atoms with Crippen molar-refractivity contribution in [3.8, 4) is 24.5 Å². The van der Waals surface area contributed by atoms with E-state index in [4.69, 9.17) is 16.9 Å². The molecular weight excluding hydrogens is 229 g/mol. The molecule has 1 aromatic carbocycles. The standard InChI is InChI=1S/C12H5F3N2/c1-2-9-5-8(3-4-16)6-10(7-17)11(9)12(13,14)15/h1,5-6H,3H2. The third-order valence-corrected chi connectivity index (χ3v) is 2.04. The van der Waals surface area contributed by atoms with Gasteiger partial charge in [0.05, 0.1) is 29.7 Å². The minimum atomic E-state index is -4.68. The number of nitriles is 2. The van der Waals surface area contributed by atoms with Crippen LogP contribution < -0.4 is 0 Å². The number of alkyl halides is 3. The quantitative estimate of drug-likeness (QED) is 0.701. The Bertz CT molecular complexity index is 530. The van der Waals surface area contributed by atoms with Gasteiger partial charge in [-0.15, -0.1) is 6.42 Å². The van der Waals surface area contributed by atoms with Crippen LogP contribution in [0.2, 0.25) is 0 Å². The van der Waals surface area contributed by atoms with Crippen LogP contribution in [0, 0.1) is 35.0 Å². The average molecular weight is 234 g/mol. The summed E-state index contributed by atoms with van der Waals surface area (Å²) in [7, 11) is 0. The van der Waals surface area contributed by atoms with Crippen LogP contribution in [-0.4, -0.2) is 0 Å². The molecule has 0 aliphatic heterocycles. The molecule has 2 nitrogen and oxygen atoms in total. The molecule has 0 aromatic heterocycles. The van der Waals surface area contributed by atoms with Gasteiger partial charge in [-0.1, -0.05) is 5.92 Å². The van der Waals surface area contributed by atoms with E-state index in [2.05, 4.69) is 0 Å². The second-order valence-corrected chi connectivity index (χ2v) is 3.15. The van der Waals surface area contributed by atoms with E-state index in [0.717, 1.165) is 12.1 Å². The van der Waals surface area contributed by atoms with Crippen molar-refractivity contribution in [3.05, 3.63) is 34.4 Å². The van der Waals surface area contributed by atoms with Crippen LogP contribution in [0.3, 0.4) is 0 Å². The Labute approximate surface area is 95.9 Å². The van der Waals surface area contributed by atoms with Crippen LogP contribution in [0.25, 0.3) is 0 Å². The lowest BCUT2D eigenvalue weighted by molar-refractivity contribution is -0.137. The molecule has 0 heterocycles. The fourth-order valence-electron chi connectivity index (χ4n) is 1.40. The van der Waals surface area contributed by atoms with Gasteiger partial charge in [-0.3, -0.25) is 0 Å². The van der Waals surface area contributed by atoms with Crippen LogP contribution in [0.15, 0.2) is 12.1 Å². The molecule has 0 saturated carbocycles. The monoisotopic (exact) mass is 234 g/mol. The predicted molar refractivity (Wildman–Crippen MR) is 53.4 cm³/mol. The summed E-state index contributed by atoms with van der Waals surface area (Å²) >= 11 is 0. The van der Waals surface area contributed by atoms with Gasteiger partial charge < -0.3 is 0 Å². The number of terminal acetylenes is 1. The van der Waals surface area contributed by atoms with Gasteiger partial charge in [-0.05, 0) is 17.7 Å². The molecule has 0 amide bonds. The first-order valence-electron chi connectivity index (χ1n) is 4.41. The van der Waals surface area contributed by atoms with Gasteiger partial charge in [-0.25, -0.2) is 0 Å². The fourth-order valence-corrected chi connectivity index (χ4v) is 1.40. The Kier molecular flexibility index (Phi) is 3.41.